The van der Waals surface area contributed by atoms with E-state index in [2.05, 4.69) is 46.7 Å². The number of hydrogen-bond donors (Lipinski definition) is 2. The number of nitrogens with zero attached hydrogens (tertiary/aromatic N) is 3. The van der Waals surface area contributed by atoms with E-state index in [1.807, 2.05) is 24.3 Å². The molecule has 1 unspecified atom stereocenters. The van der Waals surface area contributed by atoms with E-state index in [0.29, 0.717) is 22.6 Å². The molecule has 0 aliphatic heterocycles. The third-order valence-electron chi connectivity index (χ3n) is 5.19. The highest BCUT2D eigenvalue weighted by Crippen LogP contribution is 2.41. The van der Waals surface area contributed by atoms with Gasteiger partial charge in [0.25, 0.3) is 0 Å². The monoisotopic (exact) mass is 423 g/mol. The van der Waals surface area contributed by atoms with Gasteiger partial charge < -0.3 is 15.9 Å². The van der Waals surface area contributed by atoms with Gasteiger partial charge in [0.1, 0.15) is 5.75 Å². The molecule has 1 saturated carbocycles. The number of nitrogen functional groups attached to an aromatic ring is 1. The molecule has 0 spiro atoms. The number of aromatic nitrogens is 3. The van der Waals surface area contributed by atoms with Crippen molar-refractivity contribution in [2.24, 2.45) is 5.92 Å². The van der Waals surface area contributed by atoms with Gasteiger partial charge in [0, 0.05) is 0 Å². The van der Waals surface area contributed by atoms with Gasteiger partial charge in [-0.3, -0.25) is 4.79 Å². The Labute approximate surface area is 180 Å². The molecule has 1 aliphatic rings. The van der Waals surface area contributed by atoms with Crippen molar-refractivity contribution in [3.05, 3.63) is 59.7 Å². The molecule has 1 amide bonds. The summed E-state index contributed by atoms with van der Waals surface area (Å²) in [5, 5.41) is 12.0. The van der Waals surface area contributed by atoms with Gasteiger partial charge in [-0.05, 0) is 43.4 Å². The second-order valence-corrected chi connectivity index (χ2v) is 8.40. The van der Waals surface area contributed by atoms with E-state index in [1.165, 1.54) is 22.0 Å². The molecule has 7 nitrogen and oxygen atoms in total. The van der Waals surface area contributed by atoms with Crippen molar-refractivity contribution in [3.63, 3.8) is 0 Å². The largest absolute Gasteiger partial charge is 0.496 e. The lowest BCUT2D eigenvalue weighted by Crippen LogP contribution is -2.31. The van der Waals surface area contributed by atoms with Crippen LogP contribution in [0.25, 0.3) is 11.4 Å². The zero-order valence-corrected chi connectivity index (χ0v) is 17.9. The number of amides is 1. The smallest absolute Gasteiger partial charge is 0.230 e. The Morgan fingerprint density at radius 1 is 1.23 bits per heavy atom. The van der Waals surface area contributed by atoms with Gasteiger partial charge in [-0.25, -0.2) is 4.68 Å². The van der Waals surface area contributed by atoms with Gasteiger partial charge in [-0.1, -0.05) is 53.7 Å². The molecule has 1 atom stereocenters. The first-order chi connectivity index (χ1) is 14.6. The maximum Gasteiger partial charge on any atom is 0.230 e. The van der Waals surface area contributed by atoms with E-state index in [0.717, 1.165) is 24.0 Å². The predicted octanol–water partition coefficient (Wildman–Crippen LogP) is 3.34. The number of nitrogens with one attached hydrogen (secondary N) is 1. The topological polar surface area (TPSA) is 95.1 Å². The van der Waals surface area contributed by atoms with Gasteiger partial charge >= 0.3 is 0 Å². The van der Waals surface area contributed by atoms with Crippen LogP contribution in [-0.4, -0.2) is 33.6 Å². The molecule has 1 heterocycles. The highest BCUT2D eigenvalue weighted by molar-refractivity contribution is 7.99. The lowest BCUT2D eigenvalue weighted by atomic mass is 10.0. The van der Waals surface area contributed by atoms with E-state index in [-0.39, 0.29) is 17.7 Å². The average molecular weight is 424 g/mol. The second-order valence-electron chi connectivity index (χ2n) is 7.46. The maximum absolute atomic E-state index is 12.6. The number of rotatable bonds is 8. The van der Waals surface area contributed by atoms with Gasteiger partial charge in [0.05, 0.1) is 24.5 Å². The Balaban J connectivity index is 1.41. The Bertz CT molecular complexity index is 1030. The molecule has 4 rings (SSSR count). The third-order valence-corrected chi connectivity index (χ3v) is 6.13. The zero-order chi connectivity index (χ0) is 21.1. The van der Waals surface area contributed by atoms with Crippen LogP contribution in [0, 0.1) is 12.8 Å². The van der Waals surface area contributed by atoms with Crippen LogP contribution in [0.2, 0.25) is 0 Å². The number of methoxy groups -OCH3 is 1. The van der Waals surface area contributed by atoms with E-state index in [9.17, 15) is 4.79 Å². The summed E-state index contributed by atoms with van der Waals surface area (Å²) in [5.41, 5.74) is 3.12. The SMILES string of the molecule is COc1ccccc1-c1nnc(SCC(=O)NC(c2ccc(C)cc2)C2CC2)n1N. The predicted molar refractivity (Wildman–Crippen MR) is 118 cm³/mol. The molecular weight excluding hydrogens is 398 g/mol. The minimum Gasteiger partial charge on any atom is -0.496 e. The van der Waals surface area contributed by atoms with Crippen LogP contribution < -0.4 is 15.9 Å². The molecule has 3 N–H and O–H groups in total. The quantitative estimate of drug-likeness (QED) is 0.426. The highest BCUT2D eigenvalue weighted by Gasteiger charge is 2.33. The number of hydrogen-bond acceptors (Lipinski definition) is 6. The summed E-state index contributed by atoms with van der Waals surface area (Å²) in [7, 11) is 1.60. The minimum absolute atomic E-state index is 0.0423. The molecule has 1 aliphatic carbocycles. The van der Waals surface area contributed by atoms with Crippen LogP contribution in [-0.2, 0) is 4.79 Å². The van der Waals surface area contributed by atoms with Crippen LogP contribution in [0.5, 0.6) is 5.75 Å². The fourth-order valence-electron chi connectivity index (χ4n) is 3.41. The molecule has 0 saturated heterocycles. The molecule has 0 bridgehead atoms. The maximum atomic E-state index is 12.6. The van der Waals surface area contributed by atoms with Gasteiger partial charge in [-0.15, -0.1) is 10.2 Å². The number of carbonyl (C=O) groups is 1. The van der Waals surface area contributed by atoms with E-state index < -0.39 is 0 Å². The van der Waals surface area contributed by atoms with Gasteiger partial charge in [0.15, 0.2) is 5.82 Å². The Morgan fingerprint density at radius 2 is 1.97 bits per heavy atom. The first kappa shape index (κ1) is 20.3. The van der Waals surface area contributed by atoms with Crippen LogP contribution >= 0.6 is 11.8 Å². The summed E-state index contributed by atoms with van der Waals surface area (Å²) in [6.45, 7) is 2.06. The number of aryl methyl sites for hydroxylation is 1. The third kappa shape index (κ3) is 4.43. The molecule has 1 fully saturated rings. The zero-order valence-electron chi connectivity index (χ0n) is 17.0. The fraction of sp³-hybridized carbons (Fsp3) is 0.318. The van der Waals surface area contributed by atoms with Crippen molar-refractivity contribution < 1.29 is 9.53 Å². The molecule has 8 heteroatoms. The van der Waals surface area contributed by atoms with Crippen molar-refractivity contribution in [1.29, 1.82) is 0 Å². The molecule has 0 radical (unpaired) electrons. The molecule has 1 aromatic heterocycles. The summed E-state index contributed by atoms with van der Waals surface area (Å²) in [6, 6.07) is 15.9. The summed E-state index contributed by atoms with van der Waals surface area (Å²) in [4.78, 5) is 12.6. The van der Waals surface area contributed by atoms with E-state index >= 15 is 0 Å². The fourth-order valence-corrected chi connectivity index (χ4v) is 4.08. The van der Waals surface area contributed by atoms with Crippen LogP contribution in [0.1, 0.15) is 30.0 Å². The number of para-hydroxylation sites is 1. The van der Waals surface area contributed by atoms with Crippen molar-refractivity contribution in [2.45, 2.75) is 31.0 Å². The van der Waals surface area contributed by atoms with Crippen molar-refractivity contribution in [2.75, 3.05) is 18.7 Å². The molecule has 156 valence electrons. The lowest BCUT2D eigenvalue weighted by Gasteiger charge is -2.19. The first-order valence-electron chi connectivity index (χ1n) is 9.89. The number of carbonyl (C=O) groups excluding carboxylic acids is 1. The Kier molecular flexibility index (Phi) is 5.94. The Hall–Kier alpha value is -3.00. The molecule has 2 aromatic carbocycles. The number of nitrogens with two attached hydrogens (primary N) is 1. The summed E-state index contributed by atoms with van der Waals surface area (Å²) in [6.07, 6.45) is 2.29. The van der Waals surface area contributed by atoms with Crippen molar-refractivity contribution in [1.82, 2.24) is 20.2 Å². The molecular formula is C22H25N5O2S. The minimum atomic E-state index is -0.0423. The number of benzene rings is 2. The Morgan fingerprint density at radius 3 is 2.67 bits per heavy atom. The van der Waals surface area contributed by atoms with Crippen LogP contribution in [0.4, 0.5) is 0 Å². The second kappa shape index (κ2) is 8.79. The number of thioether (sulfide) groups is 1. The molecule has 30 heavy (non-hydrogen) atoms. The van der Waals surface area contributed by atoms with Crippen LogP contribution in [0.15, 0.2) is 53.7 Å². The van der Waals surface area contributed by atoms with Crippen LogP contribution in [0.3, 0.4) is 0 Å². The van der Waals surface area contributed by atoms with E-state index in [1.54, 1.807) is 7.11 Å². The number of ether oxygens (including phenoxy) is 1. The lowest BCUT2D eigenvalue weighted by molar-refractivity contribution is -0.119. The standard InChI is InChI=1S/C22H25N5O2S/c1-14-7-9-15(10-8-14)20(16-11-12-16)24-19(28)13-30-22-26-25-21(27(22)23)17-5-3-4-6-18(17)29-2/h3-10,16,20H,11-13,23H2,1-2H3,(H,24,28). The summed E-state index contributed by atoms with van der Waals surface area (Å²) in [5.74, 6) is 8.04. The summed E-state index contributed by atoms with van der Waals surface area (Å²) >= 11 is 1.27. The molecule has 3 aromatic rings. The average Bonchev–Trinajstić information content (AvgIpc) is 3.54. The van der Waals surface area contributed by atoms with Crippen molar-refractivity contribution >= 4 is 17.7 Å². The highest BCUT2D eigenvalue weighted by atomic mass is 32.2. The first-order valence-corrected chi connectivity index (χ1v) is 10.9. The van der Waals surface area contributed by atoms with Gasteiger partial charge in [-0.2, -0.15) is 0 Å². The normalized spacial score (nSPS) is 14.3. The van der Waals surface area contributed by atoms with Crippen molar-refractivity contribution in [3.8, 4) is 17.1 Å². The summed E-state index contributed by atoms with van der Waals surface area (Å²) < 4.78 is 6.77. The van der Waals surface area contributed by atoms with E-state index in [4.69, 9.17) is 10.6 Å². The van der Waals surface area contributed by atoms with Gasteiger partial charge in [0.2, 0.25) is 11.1 Å².